The Labute approximate surface area is 174 Å². The third-order valence-electron chi connectivity index (χ3n) is 5.40. The average molecular weight is 399 g/mol. The third kappa shape index (κ3) is 7.03. The number of likely N-dealkylation sites (tertiary alicyclic amines) is 1. The molecule has 0 amide bonds. The fraction of sp³-hybridized carbons (Fsp3) is 0.500. The Morgan fingerprint density at radius 3 is 2.41 bits per heavy atom. The van der Waals surface area contributed by atoms with Gasteiger partial charge in [-0.25, -0.2) is 0 Å². The fourth-order valence-electron chi connectivity index (χ4n) is 3.82. The first-order valence-electron chi connectivity index (χ1n) is 10.7. The Balaban J connectivity index is 1.43. The first-order chi connectivity index (χ1) is 14.3. The van der Waals surface area contributed by atoms with Crippen LogP contribution in [0, 0.1) is 0 Å². The van der Waals surface area contributed by atoms with Crippen molar-refractivity contribution in [1.29, 1.82) is 0 Å². The summed E-state index contributed by atoms with van der Waals surface area (Å²) >= 11 is 0. The molecule has 2 aromatic rings. The maximum atomic E-state index is 10.3. The molecule has 0 saturated carbocycles. The molecule has 0 aromatic heterocycles. The first kappa shape index (κ1) is 21.6. The molecular weight excluding hydrogens is 364 g/mol. The Kier molecular flexibility index (Phi) is 8.81. The number of hydrogen-bond acceptors (Lipinski definition) is 5. The van der Waals surface area contributed by atoms with Gasteiger partial charge in [-0.1, -0.05) is 42.8 Å². The van der Waals surface area contributed by atoms with Crippen molar-refractivity contribution < 1.29 is 14.6 Å². The zero-order chi connectivity index (χ0) is 20.3. The van der Waals surface area contributed by atoms with E-state index in [0.717, 1.165) is 49.7 Å². The van der Waals surface area contributed by atoms with Crippen molar-refractivity contribution in [3.63, 3.8) is 0 Å². The topological polar surface area (TPSA) is 54.0 Å². The molecule has 1 aliphatic rings. The van der Waals surface area contributed by atoms with Crippen LogP contribution >= 0.6 is 0 Å². The maximum absolute atomic E-state index is 10.3. The van der Waals surface area contributed by atoms with Gasteiger partial charge in [0.25, 0.3) is 0 Å². The molecule has 1 heterocycles. The summed E-state index contributed by atoms with van der Waals surface area (Å²) in [7, 11) is 1.71. The molecule has 0 aliphatic carbocycles. The van der Waals surface area contributed by atoms with Gasteiger partial charge < -0.3 is 24.8 Å². The smallest absolute Gasteiger partial charge is 0.123 e. The molecule has 1 fully saturated rings. The van der Waals surface area contributed by atoms with Crippen LogP contribution in [0.25, 0.3) is 0 Å². The van der Waals surface area contributed by atoms with Gasteiger partial charge in [-0.3, -0.25) is 0 Å². The van der Waals surface area contributed by atoms with E-state index >= 15 is 0 Å². The summed E-state index contributed by atoms with van der Waals surface area (Å²) in [6, 6.07) is 16.2. The third-order valence-corrected chi connectivity index (χ3v) is 5.40. The van der Waals surface area contributed by atoms with E-state index in [4.69, 9.17) is 9.47 Å². The Morgan fingerprint density at radius 2 is 1.66 bits per heavy atom. The summed E-state index contributed by atoms with van der Waals surface area (Å²) in [5.41, 5.74) is 2.31. The summed E-state index contributed by atoms with van der Waals surface area (Å²) in [5, 5.41) is 13.8. The predicted molar refractivity (Wildman–Crippen MR) is 117 cm³/mol. The minimum Gasteiger partial charge on any atom is -0.496 e. The fourth-order valence-corrected chi connectivity index (χ4v) is 3.82. The zero-order valence-electron chi connectivity index (χ0n) is 17.5. The number of nitrogens with zero attached hydrogens (tertiary/aromatic N) is 1. The lowest BCUT2D eigenvalue weighted by molar-refractivity contribution is 0.0614. The van der Waals surface area contributed by atoms with Gasteiger partial charge in [0, 0.05) is 18.7 Å². The average Bonchev–Trinajstić information content (AvgIpc) is 2.77. The largest absolute Gasteiger partial charge is 0.496 e. The van der Waals surface area contributed by atoms with E-state index in [0.29, 0.717) is 13.2 Å². The number of aliphatic hydroxyl groups is 1. The van der Waals surface area contributed by atoms with Crippen molar-refractivity contribution in [3.8, 4) is 11.5 Å². The number of ether oxygens (including phenoxy) is 2. The molecule has 1 aliphatic heterocycles. The van der Waals surface area contributed by atoms with Crippen LogP contribution < -0.4 is 14.8 Å². The number of piperidine rings is 1. The van der Waals surface area contributed by atoms with Crippen molar-refractivity contribution in [2.75, 3.05) is 39.9 Å². The van der Waals surface area contributed by atoms with E-state index in [1.54, 1.807) is 7.11 Å². The molecule has 1 atom stereocenters. The summed E-state index contributed by atoms with van der Waals surface area (Å²) in [6.45, 7) is 4.78. The van der Waals surface area contributed by atoms with Gasteiger partial charge in [0.1, 0.15) is 24.2 Å². The van der Waals surface area contributed by atoms with E-state index in [9.17, 15) is 5.11 Å². The van der Waals surface area contributed by atoms with Crippen LogP contribution in [-0.4, -0.2) is 56.0 Å². The van der Waals surface area contributed by atoms with Crippen LogP contribution in [0.5, 0.6) is 11.5 Å². The molecule has 2 N–H and O–H groups in total. The van der Waals surface area contributed by atoms with Crippen LogP contribution in [-0.2, 0) is 13.0 Å². The predicted octanol–water partition coefficient (Wildman–Crippen LogP) is 3.25. The minimum absolute atomic E-state index is 0.328. The molecule has 158 valence electrons. The molecule has 0 unspecified atom stereocenters. The number of β-amino-alcohol motifs (C(OH)–C–C–N with tert-alkyl or cyclic N) is 1. The number of nitrogens with one attached hydrogen (secondary N) is 1. The second-order valence-corrected chi connectivity index (χ2v) is 7.67. The lowest BCUT2D eigenvalue weighted by atomic mass is 10.1. The van der Waals surface area contributed by atoms with Crippen molar-refractivity contribution in [2.45, 2.75) is 38.3 Å². The highest BCUT2D eigenvalue weighted by Crippen LogP contribution is 2.19. The van der Waals surface area contributed by atoms with Gasteiger partial charge >= 0.3 is 0 Å². The number of methoxy groups -OCH3 is 1. The number of rotatable bonds is 11. The zero-order valence-corrected chi connectivity index (χ0v) is 17.5. The van der Waals surface area contributed by atoms with Gasteiger partial charge in [0.2, 0.25) is 0 Å². The molecule has 5 nitrogen and oxygen atoms in total. The van der Waals surface area contributed by atoms with Gasteiger partial charge in [-0.05, 0) is 56.6 Å². The quantitative estimate of drug-likeness (QED) is 0.569. The lowest BCUT2D eigenvalue weighted by Gasteiger charge is -2.28. The van der Waals surface area contributed by atoms with E-state index in [-0.39, 0.29) is 0 Å². The SMILES string of the molecule is COc1ccccc1CCNCc1ccccc1OC[C@@H](O)CN1CCCCC1. The van der Waals surface area contributed by atoms with Crippen molar-refractivity contribution in [2.24, 2.45) is 0 Å². The monoisotopic (exact) mass is 398 g/mol. The van der Waals surface area contributed by atoms with Crippen molar-refractivity contribution in [3.05, 3.63) is 59.7 Å². The lowest BCUT2D eigenvalue weighted by Crippen LogP contribution is -2.38. The number of hydrogen-bond donors (Lipinski definition) is 2. The van der Waals surface area contributed by atoms with Crippen LogP contribution in [0.3, 0.4) is 0 Å². The Bertz CT molecular complexity index is 732. The molecule has 0 spiro atoms. The van der Waals surface area contributed by atoms with Gasteiger partial charge in [0.05, 0.1) is 7.11 Å². The van der Waals surface area contributed by atoms with Crippen molar-refractivity contribution >= 4 is 0 Å². The molecule has 0 bridgehead atoms. The maximum Gasteiger partial charge on any atom is 0.123 e. The highest BCUT2D eigenvalue weighted by Gasteiger charge is 2.15. The van der Waals surface area contributed by atoms with Crippen LogP contribution in [0.2, 0.25) is 0 Å². The highest BCUT2D eigenvalue weighted by molar-refractivity contribution is 5.34. The van der Waals surface area contributed by atoms with E-state index in [2.05, 4.69) is 22.3 Å². The standard InChI is InChI=1S/C24H34N2O3/c1-28-23-11-5-3-9-20(23)13-14-25-17-21-10-4-6-12-24(21)29-19-22(27)18-26-15-7-2-8-16-26/h3-6,9-12,22,25,27H,2,7-8,13-19H2,1H3/t22-/m0/s1. The summed E-state index contributed by atoms with van der Waals surface area (Å²) < 4.78 is 11.4. The highest BCUT2D eigenvalue weighted by atomic mass is 16.5. The molecule has 29 heavy (non-hydrogen) atoms. The number of benzene rings is 2. The Morgan fingerprint density at radius 1 is 0.966 bits per heavy atom. The molecule has 1 saturated heterocycles. The summed E-state index contributed by atoms with van der Waals surface area (Å²) in [6.07, 6.45) is 4.22. The second kappa shape index (κ2) is 11.8. The molecule has 2 aromatic carbocycles. The molecule has 3 rings (SSSR count). The van der Waals surface area contributed by atoms with E-state index < -0.39 is 6.10 Å². The minimum atomic E-state index is -0.459. The van der Waals surface area contributed by atoms with E-state index in [1.807, 2.05) is 36.4 Å². The van der Waals surface area contributed by atoms with E-state index in [1.165, 1.54) is 24.8 Å². The summed E-state index contributed by atoms with van der Waals surface area (Å²) in [5.74, 6) is 1.77. The number of para-hydroxylation sites is 2. The number of aliphatic hydroxyl groups excluding tert-OH is 1. The summed E-state index contributed by atoms with van der Waals surface area (Å²) in [4.78, 5) is 2.34. The second-order valence-electron chi connectivity index (χ2n) is 7.67. The Hall–Kier alpha value is -2.08. The van der Waals surface area contributed by atoms with Crippen molar-refractivity contribution in [1.82, 2.24) is 10.2 Å². The van der Waals surface area contributed by atoms with Crippen LogP contribution in [0.15, 0.2) is 48.5 Å². The normalized spacial score (nSPS) is 15.8. The molecule has 5 heteroatoms. The first-order valence-corrected chi connectivity index (χ1v) is 10.7. The van der Waals surface area contributed by atoms with Gasteiger partial charge in [0.15, 0.2) is 0 Å². The van der Waals surface area contributed by atoms with Crippen LogP contribution in [0.1, 0.15) is 30.4 Å². The van der Waals surface area contributed by atoms with Gasteiger partial charge in [-0.15, -0.1) is 0 Å². The van der Waals surface area contributed by atoms with Gasteiger partial charge in [-0.2, -0.15) is 0 Å². The molecular formula is C24H34N2O3. The molecule has 0 radical (unpaired) electrons. The van der Waals surface area contributed by atoms with Crippen LogP contribution in [0.4, 0.5) is 0 Å².